The lowest BCUT2D eigenvalue weighted by Crippen LogP contribution is -2.60. The molecule has 1 fully saturated rings. The van der Waals surface area contributed by atoms with Crippen LogP contribution in [0.1, 0.15) is 45.5 Å². The van der Waals surface area contributed by atoms with Crippen molar-refractivity contribution in [1.29, 1.82) is 0 Å². The summed E-state index contributed by atoms with van der Waals surface area (Å²) in [4.78, 5) is 0. The lowest BCUT2D eigenvalue weighted by atomic mass is 9.80. The Hall–Kier alpha value is -0.680. The molecule has 0 bridgehead atoms. The van der Waals surface area contributed by atoms with Crippen LogP contribution in [-0.4, -0.2) is 27.3 Å². The third-order valence-electron chi connectivity index (χ3n) is 3.04. The molecule has 2 heterocycles. The van der Waals surface area contributed by atoms with Crippen molar-refractivity contribution in [3.8, 4) is 0 Å². The van der Waals surface area contributed by atoms with E-state index in [9.17, 15) is 0 Å². The van der Waals surface area contributed by atoms with Crippen LogP contribution in [-0.2, 0) is 0 Å². The molecule has 2 N–H and O–H groups in total. The second-order valence-electron chi connectivity index (χ2n) is 6.27. The van der Waals surface area contributed by atoms with Crippen molar-refractivity contribution in [3.05, 3.63) is 5.01 Å². The van der Waals surface area contributed by atoms with Gasteiger partial charge in [0.2, 0.25) is 5.13 Å². The molecule has 2 rings (SSSR count). The SMILES string of the molecule is Cc1nnc(NC2CC(C)(C)NC(C)(C)C2)s1. The second kappa shape index (κ2) is 4.21. The van der Waals surface area contributed by atoms with E-state index in [-0.39, 0.29) is 11.1 Å². The summed E-state index contributed by atoms with van der Waals surface area (Å²) in [7, 11) is 0. The van der Waals surface area contributed by atoms with Crippen LogP contribution < -0.4 is 10.6 Å². The minimum atomic E-state index is 0.166. The Morgan fingerprint density at radius 3 is 2.24 bits per heavy atom. The smallest absolute Gasteiger partial charge is 0.205 e. The van der Waals surface area contributed by atoms with E-state index in [1.165, 1.54) is 0 Å². The Morgan fingerprint density at radius 2 is 1.76 bits per heavy atom. The van der Waals surface area contributed by atoms with Crippen molar-refractivity contribution in [2.45, 2.75) is 64.6 Å². The van der Waals surface area contributed by atoms with E-state index in [1.54, 1.807) is 11.3 Å². The molecule has 0 aromatic carbocycles. The summed E-state index contributed by atoms with van der Waals surface area (Å²) in [6.07, 6.45) is 2.21. The molecular formula is C12H22N4S. The quantitative estimate of drug-likeness (QED) is 0.851. The van der Waals surface area contributed by atoms with Gasteiger partial charge in [0, 0.05) is 17.1 Å². The fourth-order valence-corrected chi connectivity index (χ4v) is 3.62. The predicted octanol–water partition coefficient (Wildman–Crippen LogP) is 2.57. The number of nitrogens with zero attached hydrogens (tertiary/aromatic N) is 2. The fraction of sp³-hybridized carbons (Fsp3) is 0.833. The highest BCUT2D eigenvalue weighted by molar-refractivity contribution is 7.15. The normalized spacial score (nSPS) is 23.6. The summed E-state index contributed by atoms with van der Waals surface area (Å²) < 4.78 is 0. The van der Waals surface area contributed by atoms with Crippen LogP contribution in [0.2, 0.25) is 0 Å². The van der Waals surface area contributed by atoms with E-state index in [0.29, 0.717) is 6.04 Å². The molecule has 96 valence electrons. The van der Waals surface area contributed by atoms with Crippen molar-refractivity contribution in [3.63, 3.8) is 0 Å². The zero-order valence-electron chi connectivity index (χ0n) is 11.3. The molecular weight excluding hydrogens is 232 g/mol. The standard InChI is InChI=1S/C12H22N4S/c1-8-14-15-10(17-8)13-9-6-11(2,3)16-12(4,5)7-9/h9,16H,6-7H2,1-5H3,(H,13,15). The van der Waals surface area contributed by atoms with E-state index < -0.39 is 0 Å². The van der Waals surface area contributed by atoms with Crippen molar-refractivity contribution in [1.82, 2.24) is 15.5 Å². The first-order valence-electron chi connectivity index (χ1n) is 6.12. The van der Waals surface area contributed by atoms with Gasteiger partial charge in [-0.25, -0.2) is 0 Å². The summed E-state index contributed by atoms with van der Waals surface area (Å²) in [5, 5.41) is 17.3. The molecule has 1 saturated heterocycles. The van der Waals surface area contributed by atoms with Crippen molar-refractivity contribution in [2.24, 2.45) is 0 Å². The Morgan fingerprint density at radius 1 is 1.18 bits per heavy atom. The molecule has 0 saturated carbocycles. The number of aryl methyl sites for hydroxylation is 1. The molecule has 0 spiro atoms. The third-order valence-corrected chi connectivity index (χ3v) is 3.81. The molecule has 5 heteroatoms. The van der Waals surface area contributed by atoms with Gasteiger partial charge in [-0.05, 0) is 47.5 Å². The maximum atomic E-state index is 4.14. The number of nitrogens with one attached hydrogen (secondary N) is 2. The van der Waals surface area contributed by atoms with Crippen molar-refractivity contribution < 1.29 is 0 Å². The molecule has 0 amide bonds. The molecule has 1 aromatic heterocycles. The average molecular weight is 254 g/mol. The van der Waals surface area contributed by atoms with Gasteiger partial charge in [0.15, 0.2) is 0 Å². The summed E-state index contributed by atoms with van der Waals surface area (Å²) in [6, 6.07) is 0.466. The lowest BCUT2D eigenvalue weighted by molar-refractivity contribution is 0.170. The van der Waals surface area contributed by atoms with Gasteiger partial charge in [-0.3, -0.25) is 0 Å². The highest BCUT2D eigenvalue weighted by Gasteiger charge is 2.37. The number of anilines is 1. The summed E-state index contributed by atoms with van der Waals surface area (Å²) in [6.45, 7) is 11.0. The summed E-state index contributed by atoms with van der Waals surface area (Å²) >= 11 is 1.63. The third kappa shape index (κ3) is 3.39. The fourth-order valence-electron chi connectivity index (χ4n) is 2.95. The van der Waals surface area contributed by atoms with Gasteiger partial charge >= 0.3 is 0 Å². The molecule has 0 atom stereocenters. The summed E-state index contributed by atoms with van der Waals surface area (Å²) in [5.41, 5.74) is 0.332. The maximum Gasteiger partial charge on any atom is 0.205 e. The molecule has 0 aliphatic carbocycles. The zero-order chi connectivity index (χ0) is 12.7. The first kappa shape index (κ1) is 12.8. The van der Waals surface area contributed by atoms with E-state index in [1.807, 2.05) is 6.92 Å². The average Bonchev–Trinajstić information content (AvgIpc) is 2.44. The van der Waals surface area contributed by atoms with Gasteiger partial charge < -0.3 is 10.6 Å². The van der Waals surface area contributed by atoms with Crippen LogP contribution >= 0.6 is 11.3 Å². The van der Waals surface area contributed by atoms with Gasteiger partial charge in [0.1, 0.15) is 5.01 Å². The number of hydrogen-bond donors (Lipinski definition) is 2. The van der Waals surface area contributed by atoms with Crippen LogP contribution in [0.15, 0.2) is 0 Å². The number of piperidine rings is 1. The molecule has 1 aromatic rings. The van der Waals surface area contributed by atoms with Crippen molar-refractivity contribution in [2.75, 3.05) is 5.32 Å². The molecule has 0 unspecified atom stereocenters. The van der Waals surface area contributed by atoms with Gasteiger partial charge in [-0.15, -0.1) is 10.2 Å². The van der Waals surface area contributed by atoms with Gasteiger partial charge in [0.25, 0.3) is 0 Å². The minimum Gasteiger partial charge on any atom is -0.357 e. The van der Waals surface area contributed by atoms with E-state index in [2.05, 4.69) is 48.5 Å². The van der Waals surface area contributed by atoms with Crippen LogP contribution in [0.4, 0.5) is 5.13 Å². The molecule has 17 heavy (non-hydrogen) atoms. The Kier molecular flexibility index (Phi) is 3.16. The number of aromatic nitrogens is 2. The maximum absolute atomic E-state index is 4.14. The summed E-state index contributed by atoms with van der Waals surface area (Å²) in [5.74, 6) is 0. The highest BCUT2D eigenvalue weighted by Crippen LogP contribution is 2.30. The van der Waals surface area contributed by atoms with Crippen molar-refractivity contribution >= 4 is 16.5 Å². The molecule has 1 aliphatic rings. The van der Waals surface area contributed by atoms with Crippen LogP contribution in [0.3, 0.4) is 0 Å². The van der Waals surface area contributed by atoms with E-state index >= 15 is 0 Å². The van der Waals surface area contributed by atoms with Crippen LogP contribution in [0.5, 0.6) is 0 Å². The Labute approximate surface area is 107 Å². The monoisotopic (exact) mass is 254 g/mol. The second-order valence-corrected chi connectivity index (χ2v) is 7.45. The Balaban J connectivity index is 2.06. The first-order valence-corrected chi connectivity index (χ1v) is 6.93. The highest BCUT2D eigenvalue weighted by atomic mass is 32.1. The molecule has 1 aliphatic heterocycles. The minimum absolute atomic E-state index is 0.166. The predicted molar refractivity (Wildman–Crippen MR) is 72.6 cm³/mol. The van der Waals surface area contributed by atoms with Crippen LogP contribution in [0, 0.1) is 6.92 Å². The lowest BCUT2D eigenvalue weighted by Gasteiger charge is -2.46. The van der Waals surface area contributed by atoms with Gasteiger partial charge in [-0.2, -0.15) is 0 Å². The van der Waals surface area contributed by atoms with E-state index in [0.717, 1.165) is 23.0 Å². The van der Waals surface area contributed by atoms with Crippen LogP contribution in [0.25, 0.3) is 0 Å². The van der Waals surface area contributed by atoms with E-state index in [4.69, 9.17) is 0 Å². The first-order chi connectivity index (χ1) is 7.76. The largest absolute Gasteiger partial charge is 0.357 e. The molecule has 0 radical (unpaired) electrons. The number of hydrogen-bond acceptors (Lipinski definition) is 5. The molecule has 4 nitrogen and oxygen atoms in total. The zero-order valence-corrected chi connectivity index (χ0v) is 12.1. The van der Waals surface area contributed by atoms with Gasteiger partial charge in [-0.1, -0.05) is 11.3 Å². The van der Waals surface area contributed by atoms with Gasteiger partial charge in [0.05, 0.1) is 0 Å². The topological polar surface area (TPSA) is 49.8 Å². The number of rotatable bonds is 2. The Bertz CT molecular complexity index is 381.